The van der Waals surface area contributed by atoms with Crippen LogP contribution in [0.15, 0.2) is 51.7 Å². The van der Waals surface area contributed by atoms with Crippen LogP contribution in [0.5, 0.6) is 0 Å². The van der Waals surface area contributed by atoms with Crippen molar-refractivity contribution >= 4 is 16.9 Å². The highest BCUT2D eigenvalue weighted by molar-refractivity contribution is 5.99. The largest absolute Gasteiger partial charge is 0.450 e. The third kappa shape index (κ3) is 2.34. The molecule has 1 amide bonds. The van der Waals surface area contributed by atoms with Crippen LogP contribution < -0.4 is 5.43 Å². The van der Waals surface area contributed by atoms with Crippen molar-refractivity contribution in [2.45, 2.75) is 13.0 Å². The third-order valence-corrected chi connectivity index (χ3v) is 4.66. The van der Waals surface area contributed by atoms with Gasteiger partial charge in [-0.25, -0.2) is 4.39 Å². The lowest BCUT2D eigenvalue weighted by atomic mass is 9.98. The van der Waals surface area contributed by atoms with Crippen molar-refractivity contribution < 1.29 is 18.7 Å². The van der Waals surface area contributed by atoms with E-state index in [1.54, 1.807) is 30.3 Å². The van der Waals surface area contributed by atoms with Gasteiger partial charge in [-0.15, -0.1) is 0 Å². The highest BCUT2D eigenvalue weighted by Gasteiger charge is 2.43. The summed E-state index contributed by atoms with van der Waals surface area (Å²) >= 11 is 0. The van der Waals surface area contributed by atoms with Crippen LogP contribution in [-0.2, 0) is 0 Å². The first-order valence-electron chi connectivity index (χ1n) is 8.26. The number of hydrogen-bond acceptors (Lipinski definition) is 4. The topological polar surface area (TPSA) is 70.8 Å². The number of nitrogens with zero attached hydrogens (tertiary/aromatic N) is 1. The molecule has 0 radical (unpaired) electrons. The number of aliphatic hydroxyl groups excluding tert-OH is 1. The van der Waals surface area contributed by atoms with Gasteiger partial charge < -0.3 is 14.4 Å². The van der Waals surface area contributed by atoms with E-state index in [9.17, 15) is 19.1 Å². The Labute approximate surface area is 148 Å². The average Bonchev–Trinajstić information content (AvgIpc) is 2.89. The van der Waals surface area contributed by atoms with E-state index in [1.165, 1.54) is 17.0 Å². The van der Waals surface area contributed by atoms with Crippen molar-refractivity contribution in [3.05, 3.63) is 81.0 Å². The molecule has 26 heavy (non-hydrogen) atoms. The Balaban J connectivity index is 2.05. The SMILES string of the molecule is Cc1ccc2oc3c(c(=O)c2c1)[C@@H](c1ccccc1F)N(CCO)C3=O. The molecule has 1 N–H and O–H groups in total. The van der Waals surface area contributed by atoms with Gasteiger partial charge in [0.15, 0.2) is 5.43 Å². The number of rotatable bonds is 3. The molecule has 0 saturated heterocycles. The predicted octanol–water partition coefficient (Wildman–Crippen LogP) is 2.78. The molecule has 0 saturated carbocycles. The molecule has 2 heterocycles. The molecule has 0 bridgehead atoms. The van der Waals surface area contributed by atoms with Gasteiger partial charge in [0.25, 0.3) is 5.91 Å². The lowest BCUT2D eigenvalue weighted by Gasteiger charge is -2.24. The van der Waals surface area contributed by atoms with Crippen molar-refractivity contribution in [3.63, 3.8) is 0 Å². The van der Waals surface area contributed by atoms with Gasteiger partial charge in [0.1, 0.15) is 11.4 Å². The van der Waals surface area contributed by atoms with Gasteiger partial charge in [-0.1, -0.05) is 29.8 Å². The summed E-state index contributed by atoms with van der Waals surface area (Å²) in [6.07, 6.45) is 0. The van der Waals surface area contributed by atoms with Gasteiger partial charge in [-0.2, -0.15) is 0 Å². The fourth-order valence-electron chi connectivity index (χ4n) is 3.49. The second-order valence-corrected chi connectivity index (χ2v) is 6.32. The number of carbonyl (C=O) groups excluding carboxylic acids is 1. The Morgan fingerprint density at radius 1 is 1.19 bits per heavy atom. The number of amides is 1. The average molecular weight is 353 g/mol. The number of halogens is 1. The first-order valence-corrected chi connectivity index (χ1v) is 8.26. The van der Waals surface area contributed by atoms with Crippen molar-refractivity contribution in [3.8, 4) is 0 Å². The Hall–Kier alpha value is -2.99. The van der Waals surface area contributed by atoms with Crippen molar-refractivity contribution in [1.82, 2.24) is 4.90 Å². The van der Waals surface area contributed by atoms with Crippen LogP contribution in [0.4, 0.5) is 4.39 Å². The zero-order valence-electron chi connectivity index (χ0n) is 14.0. The summed E-state index contributed by atoms with van der Waals surface area (Å²) in [4.78, 5) is 27.2. The minimum Gasteiger partial charge on any atom is -0.450 e. The number of β-amino-alcohol motifs (C(OH)–C–C–N with tert-alkyl or cyclic N) is 1. The smallest absolute Gasteiger partial charge is 0.290 e. The maximum atomic E-state index is 14.5. The molecule has 1 aliphatic rings. The summed E-state index contributed by atoms with van der Waals surface area (Å²) in [6.45, 7) is 1.51. The molecule has 0 fully saturated rings. The minimum atomic E-state index is -0.924. The molecule has 1 aliphatic heterocycles. The van der Waals surface area contributed by atoms with E-state index >= 15 is 0 Å². The fourth-order valence-corrected chi connectivity index (χ4v) is 3.49. The molecule has 0 aliphatic carbocycles. The van der Waals surface area contributed by atoms with E-state index in [-0.39, 0.29) is 35.5 Å². The van der Waals surface area contributed by atoms with E-state index in [0.717, 1.165) is 5.56 Å². The van der Waals surface area contributed by atoms with Crippen LogP contribution in [0, 0.1) is 12.7 Å². The van der Waals surface area contributed by atoms with Gasteiger partial charge in [0.05, 0.1) is 23.6 Å². The molecule has 4 rings (SSSR count). The van der Waals surface area contributed by atoms with Gasteiger partial charge in [0.2, 0.25) is 5.76 Å². The number of carbonyl (C=O) groups is 1. The van der Waals surface area contributed by atoms with E-state index in [2.05, 4.69) is 0 Å². The maximum Gasteiger partial charge on any atom is 0.290 e. The zero-order chi connectivity index (χ0) is 18.4. The number of fused-ring (bicyclic) bond motifs is 2. The van der Waals surface area contributed by atoms with Gasteiger partial charge in [0, 0.05) is 12.1 Å². The molecule has 3 aromatic rings. The molecule has 132 valence electrons. The van der Waals surface area contributed by atoms with Gasteiger partial charge in [-0.3, -0.25) is 9.59 Å². The molecular weight excluding hydrogens is 337 g/mol. The van der Waals surface area contributed by atoms with Crippen LogP contribution >= 0.6 is 0 Å². The standard InChI is InChI=1S/C20H16FNO4/c1-11-6-7-15-13(10-11)18(24)16-17(12-4-2-3-5-14(12)21)22(8-9-23)20(25)19(16)26-15/h2-7,10,17,23H,8-9H2,1H3/t17-/m1/s1. The molecule has 1 aromatic heterocycles. The number of benzene rings is 2. The summed E-state index contributed by atoms with van der Waals surface area (Å²) in [7, 11) is 0. The maximum absolute atomic E-state index is 14.5. The number of hydrogen-bond donors (Lipinski definition) is 1. The summed E-state index contributed by atoms with van der Waals surface area (Å²) in [5, 5.41) is 9.71. The van der Waals surface area contributed by atoms with E-state index < -0.39 is 17.8 Å². The zero-order valence-corrected chi connectivity index (χ0v) is 14.0. The van der Waals surface area contributed by atoms with Crippen molar-refractivity contribution in [2.24, 2.45) is 0 Å². The van der Waals surface area contributed by atoms with Crippen LogP contribution in [-0.4, -0.2) is 29.1 Å². The van der Waals surface area contributed by atoms with E-state index in [1.807, 2.05) is 6.92 Å². The number of aryl methyl sites for hydroxylation is 1. The second-order valence-electron chi connectivity index (χ2n) is 6.32. The minimum absolute atomic E-state index is 0.0309. The molecule has 2 aromatic carbocycles. The number of aliphatic hydroxyl groups is 1. The summed E-state index contributed by atoms with van der Waals surface area (Å²) in [5.74, 6) is -1.14. The summed E-state index contributed by atoms with van der Waals surface area (Å²) < 4.78 is 20.2. The normalized spacial score (nSPS) is 16.3. The highest BCUT2D eigenvalue weighted by Crippen LogP contribution is 2.38. The van der Waals surface area contributed by atoms with E-state index in [0.29, 0.717) is 11.0 Å². The van der Waals surface area contributed by atoms with Crippen molar-refractivity contribution in [2.75, 3.05) is 13.2 Å². The Kier molecular flexibility index (Phi) is 3.85. The molecule has 6 heteroatoms. The van der Waals surface area contributed by atoms with Gasteiger partial charge >= 0.3 is 0 Å². The molecular formula is C20H16FNO4. The first-order chi connectivity index (χ1) is 12.5. The van der Waals surface area contributed by atoms with E-state index in [4.69, 9.17) is 4.42 Å². The molecule has 5 nitrogen and oxygen atoms in total. The van der Waals surface area contributed by atoms with Crippen LogP contribution in [0.25, 0.3) is 11.0 Å². The highest BCUT2D eigenvalue weighted by atomic mass is 19.1. The lowest BCUT2D eigenvalue weighted by molar-refractivity contribution is 0.0689. The molecule has 1 atom stereocenters. The van der Waals surface area contributed by atoms with Crippen LogP contribution in [0.2, 0.25) is 0 Å². The quantitative estimate of drug-likeness (QED) is 0.786. The monoisotopic (exact) mass is 353 g/mol. The van der Waals surface area contributed by atoms with Crippen LogP contribution in [0.1, 0.15) is 33.3 Å². The Morgan fingerprint density at radius 3 is 2.69 bits per heavy atom. The fraction of sp³-hybridized carbons (Fsp3) is 0.200. The second kappa shape index (κ2) is 6.07. The lowest BCUT2D eigenvalue weighted by Crippen LogP contribution is -2.32. The Morgan fingerprint density at radius 2 is 1.96 bits per heavy atom. The summed E-state index contributed by atoms with van der Waals surface area (Å²) in [6, 6.07) is 10.2. The molecule has 0 unspecified atom stereocenters. The Bertz CT molecular complexity index is 1090. The van der Waals surface area contributed by atoms with Gasteiger partial charge in [-0.05, 0) is 25.1 Å². The van der Waals surface area contributed by atoms with Crippen molar-refractivity contribution in [1.29, 1.82) is 0 Å². The molecule has 0 spiro atoms. The predicted molar refractivity (Wildman–Crippen MR) is 93.6 cm³/mol. The van der Waals surface area contributed by atoms with Crippen LogP contribution in [0.3, 0.4) is 0 Å². The first kappa shape index (κ1) is 16.5. The third-order valence-electron chi connectivity index (χ3n) is 4.66. The summed E-state index contributed by atoms with van der Waals surface area (Å²) in [5.41, 5.74) is 1.15.